The molecule has 0 unspecified atom stereocenters. The fourth-order valence-electron chi connectivity index (χ4n) is 1.21. The van der Waals surface area contributed by atoms with Crippen LogP contribution in [-0.4, -0.2) is 78.6 Å². The van der Waals surface area contributed by atoms with Crippen molar-refractivity contribution in [3.05, 3.63) is 0 Å². The summed E-state index contributed by atoms with van der Waals surface area (Å²) in [6.07, 6.45) is 0. The summed E-state index contributed by atoms with van der Waals surface area (Å²) in [5.74, 6) is 0. The molecule has 0 aliphatic carbocycles. The molecule has 5 heteroatoms. The van der Waals surface area contributed by atoms with E-state index in [1.165, 1.54) is 0 Å². The van der Waals surface area contributed by atoms with E-state index in [9.17, 15) is 0 Å². The summed E-state index contributed by atoms with van der Waals surface area (Å²) in [7, 11) is 0. The molecule has 0 amide bonds. The van der Waals surface area contributed by atoms with Gasteiger partial charge in [-0.3, -0.25) is 0 Å². The molecule has 80 valence electrons. The third kappa shape index (κ3) is 9.04. The Labute approximate surface area is 99.7 Å². The van der Waals surface area contributed by atoms with Crippen molar-refractivity contribution in [1.29, 1.82) is 0 Å². The van der Waals surface area contributed by atoms with E-state index in [4.69, 9.17) is 0 Å². The van der Waals surface area contributed by atoms with Crippen LogP contribution >= 0.6 is 0 Å². The average molecular weight is 384 g/mol. The van der Waals surface area contributed by atoms with Crippen molar-refractivity contribution in [2.75, 3.05) is 52.4 Å². The van der Waals surface area contributed by atoms with Crippen LogP contribution in [0.1, 0.15) is 0 Å². The van der Waals surface area contributed by atoms with Crippen LogP contribution in [0.25, 0.3) is 0 Å². The normalized spacial score (nSPS) is 22.2. The molecule has 0 atom stereocenters. The van der Waals surface area contributed by atoms with E-state index in [0.29, 0.717) is 0 Å². The maximum absolute atomic E-state index is 3.36. The summed E-state index contributed by atoms with van der Waals surface area (Å²) in [6.45, 7) is 8.57. The number of nitrogens with one attached hydrogen (secondary N) is 4. The van der Waals surface area contributed by atoms with Gasteiger partial charge in [-0.2, -0.15) is 0 Å². The van der Waals surface area contributed by atoms with Crippen molar-refractivity contribution in [2.24, 2.45) is 0 Å². The molecule has 0 spiro atoms. The first kappa shape index (κ1) is 13.7. The number of rotatable bonds is 0. The summed E-state index contributed by atoms with van der Waals surface area (Å²) in [5, 5.41) is 13.4. The minimum absolute atomic E-state index is 0. The van der Waals surface area contributed by atoms with Crippen molar-refractivity contribution in [3.8, 4) is 0 Å². The zero-order valence-electron chi connectivity index (χ0n) is 8.36. The van der Waals surface area contributed by atoms with Crippen LogP contribution in [0.2, 0.25) is 0 Å². The molecular formula is C8H23BiN4. The van der Waals surface area contributed by atoms with Gasteiger partial charge in [0, 0.05) is 52.4 Å². The Balaban J connectivity index is 0.00000144. The fraction of sp³-hybridized carbons (Fsp3) is 1.00. The van der Waals surface area contributed by atoms with E-state index in [1.54, 1.807) is 0 Å². The molecule has 1 fully saturated rings. The molecule has 1 aliphatic heterocycles. The van der Waals surface area contributed by atoms with E-state index in [-0.39, 0.29) is 26.2 Å². The predicted octanol–water partition coefficient (Wildman–Crippen LogP) is -2.83. The van der Waals surface area contributed by atoms with Gasteiger partial charge in [-0.1, -0.05) is 0 Å². The Morgan fingerprint density at radius 1 is 0.385 bits per heavy atom. The van der Waals surface area contributed by atoms with Gasteiger partial charge in [-0.25, -0.2) is 0 Å². The molecule has 1 rings (SSSR count). The van der Waals surface area contributed by atoms with Crippen molar-refractivity contribution < 1.29 is 0 Å². The minimum atomic E-state index is 0. The first-order valence-electron chi connectivity index (χ1n) is 4.83. The van der Waals surface area contributed by atoms with Gasteiger partial charge < -0.3 is 21.3 Å². The maximum atomic E-state index is 3.36. The molecule has 4 N–H and O–H groups in total. The van der Waals surface area contributed by atoms with Crippen molar-refractivity contribution in [2.45, 2.75) is 0 Å². The zero-order chi connectivity index (χ0) is 8.49. The predicted molar refractivity (Wildman–Crippen MR) is 61.4 cm³/mol. The molecule has 13 heavy (non-hydrogen) atoms. The first-order valence-corrected chi connectivity index (χ1v) is 4.83. The first-order chi connectivity index (χ1) is 6.00. The molecule has 4 nitrogen and oxygen atoms in total. The Bertz CT molecular complexity index is 59.1. The molecule has 1 saturated heterocycles. The molecule has 0 saturated carbocycles. The molecule has 0 aromatic heterocycles. The average Bonchev–Trinajstić information content (AvgIpc) is 2.05. The number of hydrogen-bond acceptors (Lipinski definition) is 4. The second-order valence-electron chi connectivity index (χ2n) is 3.00. The Hall–Kier alpha value is 0.723. The van der Waals surface area contributed by atoms with Crippen LogP contribution < -0.4 is 21.3 Å². The van der Waals surface area contributed by atoms with Crippen molar-refractivity contribution in [3.63, 3.8) is 0 Å². The van der Waals surface area contributed by atoms with E-state index in [0.717, 1.165) is 52.4 Å². The second kappa shape index (κ2) is 10.8. The summed E-state index contributed by atoms with van der Waals surface area (Å²) in [5.41, 5.74) is 0. The molecule has 1 aliphatic rings. The molecule has 0 aromatic carbocycles. The van der Waals surface area contributed by atoms with Gasteiger partial charge in [0.25, 0.3) is 0 Å². The van der Waals surface area contributed by atoms with E-state index in [2.05, 4.69) is 21.3 Å². The van der Waals surface area contributed by atoms with Gasteiger partial charge in [0.2, 0.25) is 0 Å². The standard InChI is InChI=1S/C8H20N4.Bi.3H/c1-2-10-5-6-12-8-7-11-4-3-9-1;;;;/h9-12H,1-8H2;;;;. The number of hydrogen-bond donors (Lipinski definition) is 4. The van der Waals surface area contributed by atoms with Crippen LogP contribution in [0.3, 0.4) is 0 Å². The van der Waals surface area contributed by atoms with Gasteiger partial charge in [-0.05, 0) is 0 Å². The molecule has 0 bridgehead atoms. The third-order valence-corrected chi connectivity index (χ3v) is 1.91. The summed E-state index contributed by atoms with van der Waals surface area (Å²) in [6, 6.07) is 0. The Morgan fingerprint density at radius 3 is 0.692 bits per heavy atom. The molecule has 0 radical (unpaired) electrons. The molecule has 0 aromatic rings. The third-order valence-electron chi connectivity index (χ3n) is 1.91. The van der Waals surface area contributed by atoms with Crippen LogP contribution in [0, 0.1) is 0 Å². The van der Waals surface area contributed by atoms with Crippen LogP contribution in [0.5, 0.6) is 0 Å². The quantitative estimate of drug-likeness (QED) is 0.341. The van der Waals surface area contributed by atoms with Gasteiger partial charge in [0.05, 0.1) is 0 Å². The molecule has 1 heterocycles. The fourth-order valence-corrected chi connectivity index (χ4v) is 1.21. The van der Waals surface area contributed by atoms with Crippen LogP contribution in [-0.2, 0) is 0 Å². The summed E-state index contributed by atoms with van der Waals surface area (Å²) in [4.78, 5) is 0. The van der Waals surface area contributed by atoms with Crippen molar-refractivity contribution >= 4 is 26.2 Å². The SMILES string of the molecule is C1CNCCNCCNCCN1.[BiH3]. The van der Waals surface area contributed by atoms with E-state index < -0.39 is 0 Å². The van der Waals surface area contributed by atoms with Gasteiger partial charge in [-0.15, -0.1) is 0 Å². The van der Waals surface area contributed by atoms with E-state index >= 15 is 0 Å². The second-order valence-corrected chi connectivity index (χ2v) is 3.00. The Morgan fingerprint density at radius 2 is 0.538 bits per heavy atom. The summed E-state index contributed by atoms with van der Waals surface area (Å²) < 4.78 is 0. The monoisotopic (exact) mass is 384 g/mol. The molecular weight excluding hydrogens is 361 g/mol. The topological polar surface area (TPSA) is 48.1 Å². The zero-order valence-corrected chi connectivity index (χ0v) is 13.9. The van der Waals surface area contributed by atoms with Gasteiger partial charge in [0.15, 0.2) is 0 Å². The van der Waals surface area contributed by atoms with Gasteiger partial charge >= 0.3 is 26.2 Å². The van der Waals surface area contributed by atoms with Crippen LogP contribution in [0.4, 0.5) is 0 Å². The van der Waals surface area contributed by atoms with Crippen molar-refractivity contribution in [1.82, 2.24) is 21.3 Å². The Kier molecular flexibility index (Phi) is 11.4. The van der Waals surface area contributed by atoms with Gasteiger partial charge in [0.1, 0.15) is 0 Å². The summed E-state index contributed by atoms with van der Waals surface area (Å²) >= 11 is 0. The van der Waals surface area contributed by atoms with E-state index in [1.807, 2.05) is 0 Å². The van der Waals surface area contributed by atoms with Crippen LogP contribution in [0.15, 0.2) is 0 Å².